The van der Waals surface area contributed by atoms with Crippen LogP contribution in [0.25, 0.3) is 0 Å². The van der Waals surface area contributed by atoms with Gasteiger partial charge in [-0.25, -0.2) is 4.39 Å². The summed E-state index contributed by atoms with van der Waals surface area (Å²) in [5, 5.41) is 22.4. The number of hydrogen-bond donors (Lipinski definition) is 3. The van der Waals surface area contributed by atoms with Crippen LogP contribution in [0.5, 0.6) is 11.5 Å². The van der Waals surface area contributed by atoms with E-state index < -0.39 is 0 Å². The lowest BCUT2D eigenvalue weighted by molar-refractivity contribution is 0.427. The fourth-order valence-electron chi connectivity index (χ4n) is 2.21. The highest BCUT2D eigenvalue weighted by Crippen LogP contribution is 2.29. The van der Waals surface area contributed by atoms with Gasteiger partial charge in [0.05, 0.1) is 0 Å². The summed E-state index contributed by atoms with van der Waals surface area (Å²) in [6.45, 7) is 3.90. The molecule has 4 heteroatoms. The minimum atomic E-state index is -0.259. The molecule has 3 N–H and O–H groups in total. The predicted octanol–water partition coefficient (Wildman–Crippen LogP) is 3.65. The molecular formula is C16H18FNO2. The van der Waals surface area contributed by atoms with Gasteiger partial charge in [-0.1, -0.05) is 18.2 Å². The van der Waals surface area contributed by atoms with Gasteiger partial charge in [-0.05, 0) is 37.6 Å². The van der Waals surface area contributed by atoms with Crippen LogP contribution in [0.15, 0.2) is 42.5 Å². The van der Waals surface area contributed by atoms with Crippen molar-refractivity contribution in [2.24, 2.45) is 0 Å². The molecule has 0 saturated heterocycles. The van der Waals surface area contributed by atoms with Crippen LogP contribution in [0.3, 0.4) is 0 Å². The van der Waals surface area contributed by atoms with Gasteiger partial charge >= 0.3 is 0 Å². The molecule has 0 aliphatic heterocycles. The summed E-state index contributed by atoms with van der Waals surface area (Å²) in [4.78, 5) is 0. The van der Waals surface area contributed by atoms with Gasteiger partial charge in [-0.2, -0.15) is 0 Å². The van der Waals surface area contributed by atoms with Gasteiger partial charge in [0.2, 0.25) is 0 Å². The third-order valence-corrected chi connectivity index (χ3v) is 3.35. The number of benzene rings is 2. The van der Waals surface area contributed by atoms with Crippen molar-refractivity contribution in [2.45, 2.75) is 25.9 Å². The minimum Gasteiger partial charge on any atom is -0.508 e. The number of aromatic hydroxyl groups is 2. The maximum absolute atomic E-state index is 12.9. The molecule has 106 valence electrons. The van der Waals surface area contributed by atoms with Crippen molar-refractivity contribution in [3.8, 4) is 11.5 Å². The number of phenols is 2. The van der Waals surface area contributed by atoms with Gasteiger partial charge < -0.3 is 15.5 Å². The molecule has 0 saturated carbocycles. The van der Waals surface area contributed by atoms with Crippen LogP contribution < -0.4 is 5.32 Å². The van der Waals surface area contributed by atoms with Crippen molar-refractivity contribution in [1.82, 2.24) is 5.32 Å². The van der Waals surface area contributed by atoms with E-state index in [1.165, 1.54) is 24.3 Å². The minimum absolute atomic E-state index is 0.0128. The Kier molecular flexibility index (Phi) is 4.25. The first kappa shape index (κ1) is 14.3. The number of phenolic OH excluding ortho intramolecular Hbond substituents is 2. The Morgan fingerprint density at radius 2 is 1.60 bits per heavy atom. The van der Waals surface area contributed by atoms with Crippen LogP contribution in [0.1, 0.15) is 37.1 Å². The fraction of sp³-hybridized carbons (Fsp3) is 0.250. The third kappa shape index (κ3) is 3.27. The molecule has 3 nitrogen and oxygen atoms in total. The molecule has 2 unspecified atom stereocenters. The van der Waals surface area contributed by atoms with Gasteiger partial charge in [0, 0.05) is 23.7 Å². The summed E-state index contributed by atoms with van der Waals surface area (Å²) in [7, 11) is 0. The van der Waals surface area contributed by atoms with E-state index in [2.05, 4.69) is 5.32 Å². The molecule has 0 fully saturated rings. The van der Waals surface area contributed by atoms with Gasteiger partial charge in [-0.3, -0.25) is 0 Å². The Morgan fingerprint density at radius 3 is 2.20 bits per heavy atom. The first-order chi connectivity index (χ1) is 9.47. The lowest BCUT2D eigenvalue weighted by Gasteiger charge is -2.21. The molecule has 2 atom stereocenters. The molecule has 0 heterocycles. The Bertz CT molecular complexity index is 584. The Labute approximate surface area is 117 Å². The average molecular weight is 275 g/mol. The molecule has 2 aromatic carbocycles. The Balaban J connectivity index is 2.10. The summed E-state index contributed by atoms with van der Waals surface area (Å²) in [5.41, 5.74) is 1.67. The fourth-order valence-corrected chi connectivity index (χ4v) is 2.21. The smallest absolute Gasteiger partial charge is 0.124 e. The monoisotopic (exact) mass is 275 g/mol. The second-order valence-electron chi connectivity index (χ2n) is 4.90. The molecule has 0 radical (unpaired) electrons. The van der Waals surface area contributed by atoms with E-state index in [-0.39, 0.29) is 29.4 Å². The second-order valence-corrected chi connectivity index (χ2v) is 4.90. The third-order valence-electron chi connectivity index (χ3n) is 3.35. The molecule has 0 amide bonds. The number of rotatable bonds is 4. The van der Waals surface area contributed by atoms with E-state index in [0.717, 1.165) is 5.56 Å². The zero-order chi connectivity index (χ0) is 14.7. The summed E-state index contributed by atoms with van der Waals surface area (Å²) in [6, 6.07) is 10.8. The van der Waals surface area contributed by atoms with E-state index in [1.807, 2.05) is 13.8 Å². The van der Waals surface area contributed by atoms with Crippen molar-refractivity contribution in [3.63, 3.8) is 0 Å². The van der Waals surface area contributed by atoms with Crippen molar-refractivity contribution in [1.29, 1.82) is 0 Å². The summed E-state index contributed by atoms with van der Waals surface area (Å²) >= 11 is 0. The van der Waals surface area contributed by atoms with Crippen molar-refractivity contribution in [3.05, 3.63) is 59.4 Å². The average Bonchev–Trinajstić information content (AvgIpc) is 2.39. The van der Waals surface area contributed by atoms with Crippen LogP contribution in [-0.2, 0) is 0 Å². The molecule has 0 spiro atoms. The largest absolute Gasteiger partial charge is 0.508 e. The number of nitrogens with one attached hydrogen (secondary N) is 1. The Hall–Kier alpha value is -2.07. The van der Waals surface area contributed by atoms with Crippen LogP contribution >= 0.6 is 0 Å². The second kappa shape index (κ2) is 5.92. The highest BCUT2D eigenvalue weighted by atomic mass is 19.1. The van der Waals surface area contributed by atoms with E-state index in [4.69, 9.17) is 0 Å². The maximum Gasteiger partial charge on any atom is 0.124 e. The number of hydrogen-bond acceptors (Lipinski definition) is 3. The summed E-state index contributed by atoms with van der Waals surface area (Å²) in [6.07, 6.45) is 0. The lowest BCUT2D eigenvalue weighted by atomic mass is 10.0. The molecular weight excluding hydrogens is 257 g/mol. The molecule has 2 aromatic rings. The van der Waals surface area contributed by atoms with Crippen LogP contribution in [0.2, 0.25) is 0 Å². The Morgan fingerprint density at radius 1 is 0.950 bits per heavy atom. The van der Waals surface area contributed by atoms with Crippen LogP contribution in [0, 0.1) is 5.82 Å². The zero-order valence-corrected chi connectivity index (χ0v) is 11.5. The van der Waals surface area contributed by atoms with E-state index in [9.17, 15) is 14.6 Å². The normalized spacial score (nSPS) is 13.9. The molecule has 0 aliphatic rings. The van der Waals surface area contributed by atoms with Gasteiger partial charge in [0.1, 0.15) is 17.3 Å². The van der Waals surface area contributed by atoms with Crippen molar-refractivity contribution < 1.29 is 14.6 Å². The molecule has 20 heavy (non-hydrogen) atoms. The van der Waals surface area contributed by atoms with E-state index in [0.29, 0.717) is 5.56 Å². The summed E-state index contributed by atoms with van der Waals surface area (Å²) in [5.74, 6) is -0.175. The van der Waals surface area contributed by atoms with Gasteiger partial charge in [-0.15, -0.1) is 0 Å². The van der Waals surface area contributed by atoms with E-state index in [1.54, 1.807) is 18.2 Å². The maximum atomic E-state index is 12.9. The standard InChI is InChI=1S/C16H18FNO2/c1-10(12-3-5-13(17)6-4-12)18-11(2)15-8-7-14(19)9-16(15)20/h3-11,18-20H,1-2H3. The molecule has 0 bridgehead atoms. The summed E-state index contributed by atoms with van der Waals surface area (Å²) < 4.78 is 12.9. The van der Waals surface area contributed by atoms with Crippen LogP contribution in [-0.4, -0.2) is 10.2 Å². The van der Waals surface area contributed by atoms with Gasteiger partial charge in [0.25, 0.3) is 0 Å². The first-order valence-corrected chi connectivity index (χ1v) is 6.50. The zero-order valence-electron chi connectivity index (χ0n) is 11.5. The van der Waals surface area contributed by atoms with Crippen molar-refractivity contribution in [2.75, 3.05) is 0 Å². The quantitative estimate of drug-likeness (QED) is 0.798. The lowest BCUT2D eigenvalue weighted by Crippen LogP contribution is -2.22. The highest BCUT2D eigenvalue weighted by Gasteiger charge is 2.14. The predicted molar refractivity (Wildman–Crippen MR) is 76.1 cm³/mol. The topological polar surface area (TPSA) is 52.5 Å². The van der Waals surface area contributed by atoms with E-state index >= 15 is 0 Å². The molecule has 2 rings (SSSR count). The highest BCUT2D eigenvalue weighted by molar-refractivity contribution is 5.40. The first-order valence-electron chi connectivity index (χ1n) is 6.50. The molecule has 0 aliphatic carbocycles. The van der Waals surface area contributed by atoms with Crippen molar-refractivity contribution >= 4 is 0 Å². The number of halogens is 1. The SMILES string of the molecule is CC(NC(C)c1ccc(O)cc1O)c1ccc(F)cc1. The van der Waals surface area contributed by atoms with Crippen LogP contribution in [0.4, 0.5) is 4.39 Å². The molecule has 0 aromatic heterocycles. The van der Waals surface area contributed by atoms with Gasteiger partial charge in [0.15, 0.2) is 0 Å².